The molecule has 5 heteroatoms. The van der Waals surface area contributed by atoms with Crippen molar-refractivity contribution < 1.29 is 19.4 Å². The lowest BCUT2D eigenvalue weighted by Gasteiger charge is -2.46. The highest BCUT2D eigenvalue weighted by molar-refractivity contribution is 5.99. The fraction of sp³-hybridized carbons (Fsp3) is 0.385. The quantitative estimate of drug-likeness (QED) is 0.729. The van der Waals surface area contributed by atoms with Crippen molar-refractivity contribution in [2.75, 3.05) is 0 Å². The van der Waals surface area contributed by atoms with Crippen LogP contribution in [0.3, 0.4) is 0 Å². The van der Waals surface area contributed by atoms with E-state index in [-0.39, 0.29) is 5.92 Å². The number of carboxylic acids is 1. The lowest BCUT2D eigenvalue weighted by atomic mass is 9.75. The summed E-state index contributed by atoms with van der Waals surface area (Å²) in [7, 11) is 0. The van der Waals surface area contributed by atoms with Gasteiger partial charge in [0, 0.05) is 12.3 Å². The minimum atomic E-state index is -1.09. The zero-order chi connectivity index (χ0) is 12.9. The maximum Gasteiger partial charge on any atom is 0.316 e. The standard InChI is InChI=1S/C13H13NO4/c1-13-6-8(10(12(16)17)11(15)14-13)7-4-2-3-5-9(7)18-13/h2-5,8,10H,6H2,1H3,(H,14,15)(H,16,17)/t8-,10-,13-/m0/s1. The van der Waals surface area contributed by atoms with Gasteiger partial charge in [-0.2, -0.15) is 0 Å². The molecule has 0 aromatic heterocycles. The zero-order valence-corrected chi connectivity index (χ0v) is 9.84. The van der Waals surface area contributed by atoms with E-state index in [0.717, 1.165) is 5.56 Å². The molecule has 1 aromatic carbocycles. The van der Waals surface area contributed by atoms with Gasteiger partial charge in [-0.1, -0.05) is 18.2 Å². The maximum atomic E-state index is 11.9. The summed E-state index contributed by atoms with van der Waals surface area (Å²) in [5.41, 5.74) is -0.000532. The molecule has 1 fully saturated rings. The zero-order valence-electron chi connectivity index (χ0n) is 9.84. The van der Waals surface area contributed by atoms with Gasteiger partial charge in [-0.25, -0.2) is 0 Å². The van der Waals surface area contributed by atoms with Crippen LogP contribution in [0, 0.1) is 5.92 Å². The van der Waals surface area contributed by atoms with Crippen LogP contribution in [0.15, 0.2) is 24.3 Å². The minimum Gasteiger partial charge on any atom is -0.481 e. The van der Waals surface area contributed by atoms with E-state index in [4.69, 9.17) is 4.74 Å². The van der Waals surface area contributed by atoms with E-state index in [9.17, 15) is 14.7 Å². The van der Waals surface area contributed by atoms with Crippen LogP contribution >= 0.6 is 0 Å². The number of amides is 1. The number of benzene rings is 1. The van der Waals surface area contributed by atoms with Gasteiger partial charge in [0.05, 0.1) is 0 Å². The minimum absolute atomic E-state index is 0.328. The Labute approximate surface area is 104 Å². The SMILES string of the molecule is C[C@@]12C[C@@H](c3ccccc3O1)[C@H](C(=O)O)C(=O)N2. The van der Waals surface area contributed by atoms with E-state index in [0.29, 0.717) is 12.2 Å². The highest BCUT2D eigenvalue weighted by Crippen LogP contribution is 2.46. The molecule has 5 nitrogen and oxygen atoms in total. The van der Waals surface area contributed by atoms with E-state index in [1.165, 1.54) is 0 Å². The third-order valence-electron chi connectivity index (χ3n) is 3.60. The number of piperidine rings is 1. The molecule has 2 N–H and O–H groups in total. The monoisotopic (exact) mass is 247 g/mol. The first-order valence-electron chi connectivity index (χ1n) is 5.83. The second-order valence-corrected chi connectivity index (χ2v) is 4.99. The number of ether oxygens (including phenoxy) is 1. The highest BCUT2D eigenvalue weighted by atomic mass is 16.5. The summed E-state index contributed by atoms with van der Waals surface area (Å²) in [5.74, 6) is -2.27. The summed E-state index contributed by atoms with van der Waals surface area (Å²) in [4.78, 5) is 23.2. The third kappa shape index (κ3) is 1.47. The summed E-state index contributed by atoms with van der Waals surface area (Å²) in [6.45, 7) is 1.77. The van der Waals surface area contributed by atoms with Crippen LogP contribution in [-0.4, -0.2) is 22.7 Å². The Kier molecular flexibility index (Phi) is 2.14. The Hall–Kier alpha value is -2.04. The molecular weight excluding hydrogens is 234 g/mol. The van der Waals surface area contributed by atoms with Crippen LogP contribution in [0.2, 0.25) is 0 Å². The van der Waals surface area contributed by atoms with Gasteiger partial charge in [-0.05, 0) is 18.6 Å². The Bertz CT molecular complexity index is 542. The van der Waals surface area contributed by atoms with Crippen LogP contribution in [0.25, 0.3) is 0 Å². The molecule has 1 saturated heterocycles. The topological polar surface area (TPSA) is 75.6 Å². The third-order valence-corrected chi connectivity index (χ3v) is 3.60. The lowest BCUT2D eigenvalue weighted by molar-refractivity contribution is -0.156. The first-order chi connectivity index (χ1) is 8.50. The fourth-order valence-electron chi connectivity index (χ4n) is 2.87. The average molecular weight is 247 g/mol. The van der Waals surface area contributed by atoms with Crippen molar-refractivity contribution in [1.29, 1.82) is 0 Å². The molecule has 3 atom stereocenters. The molecule has 0 spiro atoms. The van der Waals surface area contributed by atoms with E-state index in [1.54, 1.807) is 13.0 Å². The molecule has 94 valence electrons. The van der Waals surface area contributed by atoms with Gasteiger partial charge in [0.15, 0.2) is 5.72 Å². The number of aliphatic carboxylic acids is 1. The highest BCUT2D eigenvalue weighted by Gasteiger charge is 2.51. The second kappa shape index (κ2) is 3.48. The molecule has 2 aliphatic heterocycles. The molecule has 3 rings (SSSR count). The Balaban J connectivity index is 2.14. The number of nitrogens with one attached hydrogen (secondary N) is 1. The number of carboxylic acid groups (broad SMARTS) is 1. The lowest BCUT2D eigenvalue weighted by Crippen LogP contribution is -2.61. The number of fused-ring (bicyclic) bond motifs is 4. The van der Waals surface area contributed by atoms with Crippen LogP contribution in [0.4, 0.5) is 0 Å². The van der Waals surface area contributed by atoms with E-state index in [1.807, 2.05) is 18.2 Å². The van der Waals surface area contributed by atoms with Gasteiger partial charge in [0.1, 0.15) is 11.7 Å². The summed E-state index contributed by atoms with van der Waals surface area (Å²) >= 11 is 0. The van der Waals surface area contributed by atoms with Crippen molar-refractivity contribution in [2.45, 2.75) is 25.0 Å². The first-order valence-corrected chi connectivity index (χ1v) is 5.83. The Morgan fingerprint density at radius 3 is 2.94 bits per heavy atom. The van der Waals surface area contributed by atoms with E-state index >= 15 is 0 Å². The van der Waals surface area contributed by atoms with Gasteiger partial charge < -0.3 is 15.2 Å². The summed E-state index contributed by atoms with van der Waals surface area (Å²) in [6.07, 6.45) is 0.479. The Morgan fingerprint density at radius 2 is 2.22 bits per heavy atom. The molecule has 0 aliphatic carbocycles. The molecule has 2 bridgehead atoms. The van der Waals surface area contributed by atoms with Crippen molar-refractivity contribution in [2.24, 2.45) is 5.92 Å². The van der Waals surface area contributed by atoms with Crippen molar-refractivity contribution >= 4 is 11.9 Å². The number of rotatable bonds is 1. The summed E-state index contributed by atoms with van der Waals surface area (Å²) in [6, 6.07) is 7.29. The summed E-state index contributed by atoms with van der Waals surface area (Å²) in [5, 5.41) is 11.9. The molecule has 18 heavy (non-hydrogen) atoms. The molecule has 2 aliphatic rings. The van der Waals surface area contributed by atoms with Gasteiger partial charge in [0.2, 0.25) is 5.91 Å². The number of hydrogen-bond acceptors (Lipinski definition) is 3. The van der Waals surface area contributed by atoms with Gasteiger partial charge in [0.25, 0.3) is 0 Å². The van der Waals surface area contributed by atoms with Crippen LogP contribution < -0.4 is 10.1 Å². The predicted octanol–water partition coefficient (Wildman–Crippen LogP) is 1.10. The van der Waals surface area contributed by atoms with Crippen LogP contribution in [0.5, 0.6) is 5.75 Å². The van der Waals surface area contributed by atoms with E-state index in [2.05, 4.69) is 5.32 Å². The van der Waals surface area contributed by atoms with Crippen molar-refractivity contribution in [3.63, 3.8) is 0 Å². The largest absolute Gasteiger partial charge is 0.481 e. The molecule has 0 saturated carbocycles. The average Bonchev–Trinajstić information content (AvgIpc) is 2.26. The predicted molar refractivity (Wildman–Crippen MR) is 62.1 cm³/mol. The molecule has 0 unspecified atom stereocenters. The number of carbonyl (C=O) groups excluding carboxylic acids is 1. The maximum absolute atomic E-state index is 11.9. The smallest absolute Gasteiger partial charge is 0.316 e. The second-order valence-electron chi connectivity index (χ2n) is 4.99. The van der Waals surface area contributed by atoms with Crippen LogP contribution in [0.1, 0.15) is 24.8 Å². The number of para-hydroxylation sites is 1. The number of carbonyl (C=O) groups is 2. The Morgan fingerprint density at radius 1 is 1.50 bits per heavy atom. The van der Waals surface area contributed by atoms with Crippen molar-refractivity contribution in [1.82, 2.24) is 5.32 Å². The van der Waals surface area contributed by atoms with Gasteiger partial charge >= 0.3 is 5.97 Å². The number of hydrogen-bond donors (Lipinski definition) is 2. The van der Waals surface area contributed by atoms with Crippen molar-refractivity contribution in [3.05, 3.63) is 29.8 Å². The summed E-state index contributed by atoms with van der Waals surface area (Å²) < 4.78 is 5.76. The molecule has 0 radical (unpaired) electrons. The normalized spacial score (nSPS) is 33.1. The first kappa shape index (κ1) is 11.1. The van der Waals surface area contributed by atoms with Gasteiger partial charge in [-0.3, -0.25) is 9.59 Å². The van der Waals surface area contributed by atoms with Crippen molar-refractivity contribution in [3.8, 4) is 5.75 Å². The fourth-order valence-corrected chi connectivity index (χ4v) is 2.87. The van der Waals surface area contributed by atoms with Crippen LogP contribution in [-0.2, 0) is 9.59 Å². The molecular formula is C13H13NO4. The molecule has 1 aromatic rings. The van der Waals surface area contributed by atoms with Gasteiger partial charge in [-0.15, -0.1) is 0 Å². The molecule has 2 heterocycles. The van der Waals surface area contributed by atoms with E-state index < -0.39 is 23.5 Å². The molecule has 1 amide bonds.